The van der Waals surface area contributed by atoms with Crippen molar-refractivity contribution in [3.8, 4) is 0 Å². The predicted molar refractivity (Wildman–Crippen MR) is 65.1 cm³/mol. The van der Waals surface area contributed by atoms with Crippen LogP contribution < -0.4 is 0 Å². The van der Waals surface area contributed by atoms with Gasteiger partial charge in [-0.2, -0.15) is 0 Å². The molecule has 17 heavy (non-hydrogen) atoms. The van der Waals surface area contributed by atoms with Crippen molar-refractivity contribution in [3.63, 3.8) is 0 Å². The highest BCUT2D eigenvalue weighted by Crippen LogP contribution is 2.18. The molecule has 0 amide bonds. The fourth-order valence-corrected chi connectivity index (χ4v) is 2.39. The molecule has 96 valence electrons. The van der Waals surface area contributed by atoms with Crippen LogP contribution in [-0.2, 0) is 16.3 Å². The van der Waals surface area contributed by atoms with Gasteiger partial charge in [0.05, 0.1) is 11.4 Å². The topological polar surface area (TPSA) is 54.4 Å². The van der Waals surface area contributed by atoms with Crippen LogP contribution in [0, 0.1) is 5.82 Å². The van der Waals surface area contributed by atoms with Crippen molar-refractivity contribution in [2.24, 2.45) is 0 Å². The molecule has 1 rings (SSSR count). The molecule has 1 N–H and O–H groups in total. The molecule has 5 heteroatoms. The van der Waals surface area contributed by atoms with Crippen molar-refractivity contribution in [2.45, 2.75) is 25.4 Å². The molecule has 1 aromatic carbocycles. The SMILES string of the molecule is CC(O)(CCS(C)(=O)=O)Cc1cccc(F)c1. The summed E-state index contributed by atoms with van der Waals surface area (Å²) in [4.78, 5) is 0. The van der Waals surface area contributed by atoms with Gasteiger partial charge in [-0.25, -0.2) is 12.8 Å². The smallest absolute Gasteiger partial charge is 0.147 e. The number of sulfone groups is 1. The molecule has 0 aromatic heterocycles. The fraction of sp³-hybridized carbons (Fsp3) is 0.500. The average Bonchev–Trinajstić information content (AvgIpc) is 2.13. The van der Waals surface area contributed by atoms with E-state index in [0.717, 1.165) is 6.26 Å². The monoisotopic (exact) mass is 260 g/mol. The van der Waals surface area contributed by atoms with E-state index >= 15 is 0 Å². The Morgan fingerprint density at radius 2 is 2.06 bits per heavy atom. The normalized spacial score (nSPS) is 15.5. The third-order valence-electron chi connectivity index (χ3n) is 2.49. The molecule has 1 atom stereocenters. The first-order valence-electron chi connectivity index (χ1n) is 5.32. The van der Waals surface area contributed by atoms with Crippen molar-refractivity contribution < 1.29 is 17.9 Å². The highest BCUT2D eigenvalue weighted by atomic mass is 32.2. The molecule has 0 aliphatic rings. The van der Waals surface area contributed by atoms with E-state index in [0.29, 0.717) is 5.56 Å². The van der Waals surface area contributed by atoms with Crippen molar-refractivity contribution in [3.05, 3.63) is 35.6 Å². The second-order valence-electron chi connectivity index (χ2n) is 4.68. The Morgan fingerprint density at radius 3 is 2.59 bits per heavy atom. The summed E-state index contributed by atoms with van der Waals surface area (Å²) in [6, 6.07) is 5.94. The Hall–Kier alpha value is -0.940. The first-order valence-corrected chi connectivity index (χ1v) is 7.39. The van der Waals surface area contributed by atoms with E-state index in [1.807, 2.05) is 0 Å². The molecular weight excluding hydrogens is 243 g/mol. The van der Waals surface area contributed by atoms with E-state index in [1.54, 1.807) is 19.1 Å². The van der Waals surface area contributed by atoms with Crippen LogP contribution in [0.1, 0.15) is 18.9 Å². The Morgan fingerprint density at radius 1 is 1.41 bits per heavy atom. The number of rotatable bonds is 5. The average molecular weight is 260 g/mol. The summed E-state index contributed by atoms with van der Waals surface area (Å²) in [6.07, 6.45) is 1.51. The third-order valence-corrected chi connectivity index (χ3v) is 3.43. The zero-order chi connectivity index (χ0) is 13.1. The molecule has 0 saturated carbocycles. The molecule has 0 spiro atoms. The van der Waals surface area contributed by atoms with Crippen LogP contribution in [0.2, 0.25) is 0 Å². The third kappa shape index (κ3) is 5.79. The van der Waals surface area contributed by atoms with Crippen molar-refractivity contribution >= 4 is 9.84 Å². The highest BCUT2D eigenvalue weighted by molar-refractivity contribution is 7.90. The van der Waals surface area contributed by atoms with Gasteiger partial charge in [0.1, 0.15) is 15.7 Å². The van der Waals surface area contributed by atoms with Gasteiger partial charge in [0.2, 0.25) is 0 Å². The Labute approximate surface area is 101 Å². The molecule has 0 fully saturated rings. The fourth-order valence-electron chi connectivity index (χ4n) is 1.58. The Balaban J connectivity index is 2.66. The molecule has 1 aromatic rings. The van der Waals surface area contributed by atoms with Crippen molar-refractivity contribution in [1.82, 2.24) is 0 Å². The van der Waals surface area contributed by atoms with E-state index in [1.165, 1.54) is 12.1 Å². The van der Waals surface area contributed by atoms with Crippen LogP contribution in [0.15, 0.2) is 24.3 Å². The van der Waals surface area contributed by atoms with Gasteiger partial charge >= 0.3 is 0 Å². The number of aliphatic hydroxyl groups is 1. The van der Waals surface area contributed by atoms with Gasteiger partial charge in [0.15, 0.2) is 0 Å². The van der Waals surface area contributed by atoms with Crippen molar-refractivity contribution in [1.29, 1.82) is 0 Å². The summed E-state index contributed by atoms with van der Waals surface area (Å²) in [5.74, 6) is -0.434. The summed E-state index contributed by atoms with van der Waals surface area (Å²) in [5.41, 5.74) is -0.486. The van der Waals surface area contributed by atoms with Crippen LogP contribution >= 0.6 is 0 Å². The maximum absolute atomic E-state index is 12.9. The van der Waals surface area contributed by atoms with E-state index in [4.69, 9.17) is 0 Å². The largest absolute Gasteiger partial charge is 0.390 e. The molecule has 3 nitrogen and oxygen atoms in total. The number of halogens is 1. The van der Waals surface area contributed by atoms with Crippen LogP contribution in [0.25, 0.3) is 0 Å². The summed E-state index contributed by atoms with van der Waals surface area (Å²) >= 11 is 0. The molecule has 0 saturated heterocycles. The Kier molecular flexibility index (Phi) is 4.27. The highest BCUT2D eigenvalue weighted by Gasteiger charge is 2.22. The van der Waals surface area contributed by atoms with E-state index in [9.17, 15) is 17.9 Å². The van der Waals surface area contributed by atoms with Gasteiger partial charge in [-0.1, -0.05) is 12.1 Å². The van der Waals surface area contributed by atoms with Gasteiger partial charge in [-0.05, 0) is 31.0 Å². The summed E-state index contributed by atoms with van der Waals surface area (Å²) in [5, 5.41) is 10.0. The van der Waals surface area contributed by atoms with E-state index in [-0.39, 0.29) is 24.4 Å². The lowest BCUT2D eigenvalue weighted by atomic mass is 9.94. The van der Waals surface area contributed by atoms with Crippen LogP contribution in [0.4, 0.5) is 4.39 Å². The van der Waals surface area contributed by atoms with Gasteiger partial charge in [-0.3, -0.25) is 0 Å². The zero-order valence-corrected chi connectivity index (χ0v) is 10.8. The van der Waals surface area contributed by atoms with Crippen LogP contribution in [0.3, 0.4) is 0 Å². The lowest BCUT2D eigenvalue weighted by Gasteiger charge is -2.22. The second-order valence-corrected chi connectivity index (χ2v) is 6.94. The molecule has 0 aliphatic carbocycles. The van der Waals surface area contributed by atoms with Crippen LogP contribution in [-0.4, -0.2) is 31.1 Å². The van der Waals surface area contributed by atoms with Gasteiger partial charge in [-0.15, -0.1) is 0 Å². The van der Waals surface area contributed by atoms with Gasteiger partial charge in [0, 0.05) is 12.7 Å². The quantitative estimate of drug-likeness (QED) is 0.874. The Bertz CT molecular complexity index is 480. The molecule has 0 radical (unpaired) electrons. The minimum Gasteiger partial charge on any atom is -0.390 e. The van der Waals surface area contributed by atoms with E-state index < -0.39 is 15.4 Å². The predicted octanol–water partition coefficient (Wildman–Crippen LogP) is 1.55. The molecule has 0 heterocycles. The minimum absolute atomic E-state index is 0.0741. The lowest BCUT2D eigenvalue weighted by molar-refractivity contribution is 0.0572. The summed E-state index contributed by atoms with van der Waals surface area (Å²) < 4.78 is 35.0. The zero-order valence-electron chi connectivity index (χ0n) is 9.98. The molecule has 1 unspecified atom stereocenters. The van der Waals surface area contributed by atoms with Gasteiger partial charge in [0.25, 0.3) is 0 Å². The maximum Gasteiger partial charge on any atom is 0.147 e. The number of benzene rings is 1. The van der Waals surface area contributed by atoms with Crippen molar-refractivity contribution in [2.75, 3.05) is 12.0 Å². The van der Waals surface area contributed by atoms with Crippen LogP contribution in [0.5, 0.6) is 0 Å². The molecule has 0 bridgehead atoms. The maximum atomic E-state index is 12.9. The summed E-state index contributed by atoms with van der Waals surface area (Å²) in [7, 11) is -3.09. The standard InChI is InChI=1S/C12H17FO3S/c1-12(14,6-7-17(2,15)16)9-10-4-3-5-11(13)8-10/h3-5,8,14H,6-7,9H2,1-2H3. The summed E-state index contributed by atoms with van der Waals surface area (Å²) in [6.45, 7) is 1.56. The van der Waals surface area contributed by atoms with Gasteiger partial charge < -0.3 is 5.11 Å². The first kappa shape index (κ1) is 14.1. The molecular formula is C12H17FO3S. The van der Waals surface area contributed by atoms with E-state index in [2.05, 4.69) is 0 Å². The number of hydrogen-bond acceptors (Lipinski definition) is 3. The second kappa shape index (κ2) is 5.14. The minimum atomic E-state index is -3.09. The molecule has 0 aliphatic heterocycles. The number of hydrogen-bond donors (Lipinski definition) is 1. The first-order chi connectivity index (χ1) is 7.68. The lowest BCUT2D eigenvalue weighted by Crippen LogP contribution is -2.30.